The van der Waals surface area contributed by atoms with Gasteiger partial charge in [0, 0.05) is 13.6 Å². The van der Waals surface area contributed by atoms with Gasteiger partial charge in [0.15, 0.2) is 0 Å². The Labute approximate surface area is 102 Å². The van der Waals surface area contributed by atoms with Crippen LogP contribution in [-0.2, 0) is 11.4 Å². The molecule has 2 heteroatoms. The first-order valence-corrected chi connectivity index (χ1v) is 5.70. The summed E-state index contributed by atoms with van der Waals surface area (Å²) in [6.45, 7) is 0.779. The van der Waals surface area contributed by atoms with Crippen molar-refractivity contribution in [3.63, 3.8) is 0 Å². The van der Waals surface area contributed by atoms with Gasteiger partial charge < -0.3 is 4.84 Å². The van der Waals surface area contributed by atoms with Gasteiger partial charge in [-0.1, -0.05) is 54.6 Å². The van der Waals surface area contributed by atoms with Crippen molar-refractivity contribution in [3.05, 3.63) is 60.2 Å². The quantitative estimate of drug-likeness (QED) is 0.743. The molecule has 0 aromatic heterocycles. The zero-order chi connectivity index (χ0) is 12.1. The van der Waals surface area contributed by atoms with E-state index in [0.29, 0.717) is 0 Å². The summed E-state index contributed by atoms with van der Waals surface area (Å²) in [5.74, 6) is 0. The van der Waals surface area contributed by atoms with Gasteiger partial charge in [0.05, 0.1) is 7.11 Å². The normalized spacial score (nSPS) is 10.8. The van der Waals surface area contributed by atoms with Crippen molar-refractivity contribution in [2.45, 2.75) is 6.54 Å². The Morgan fingerprint density at radius 3 is 2.29 bits per heavy atom. The van der Waals surface area contributed by atoms with Crippen LogP contribution in [0.1, 0.15) is 5.56 Å². The summed E-state index contributed by atoms with van der Waals surface area (Å²) in [4.78, 5) is 5.18. The predicted octanol–water partition coefficient (Wildman–Crippen LogP) is 3.35. The van der Waals surface area contributed by atoms with E-state index in [0.717, 1.165) is 6.54 Å². The second-order valence-corrected chi connectivity index (χ2v) is 3.99. The lowest BCUT2D eigenvalue weighted by atomic mass is 10.00. The Hall–Kier alpha value is -1.64. The SMILES string of the molecule is CON(C)Cc1ccccc1-c1ccccc1. The van der Waals surface area contributed by atoms with Crippen LogP contribution in [0.4, 0.5) is 0 Å². The van der Waals surface area contributed by atoms with E-state index in [-0.39, 0.29) is 0 Å². The molecular formula is C15H17NO. The van der Waals surface area contributed by atoms with Crippen molar-refractivity contribution < 1.29 is 4.84 Å². The minimum atomic E-state index is 0.779. The molecule has 0 N–H and O–H groups in total. The minimum Gasteiger partial charge on any atom is -0.302 e. The van der Waals surface area contributed by atoms with E-state index in [4.69, 9.17) is 4.84 Å². The summed E-state index contributed by atoms with van der Waals surface area (Å²) in [6, 6.07) is 18.8. The maximum atomic E-state index is 5.18. The second-order valence-electron chi connectivity index (χ2n) is 3.99. The number of hydroxylamine groups is 2. The van der Waals surface area contributed by atoms with Gasteiger partial charge in [-0.25, -0.2) is 0 Å². The third-order valence-corrected chi connectivity index (χ3v) is 2.81. The molecule has 0 saturated carbocycles. The zero-order valence-electron chi connectivity index (χ0n) is 10.3. The van der Waals surface area contributed by atoms with E-state index in [2.05, 4.69) is 48.5 Å². The molecule has 0 aliphatic heterocycles. The highest BCUT2D eigenvalue weighted by atomic mass is 16.7. The Morgan fingerprint density at radius 1 is 0.941 bits per heavy atom. The van der Waals surface area contributed by atoms with Gasteiger partial charge in [-0.3, -0.25) is 0 Å². The molecule has 17 heavy (non-hydrogen) atoms. The second kappa shape index (κ2) is 5.62. The van der Waals surface area contributed by atoms with Crippen LogP contribution in [0.5, 0.6) is 0 Å². The molecule has 0 aliphatic rings. The Balaban J connectivity index is 2.34. The van der Waals surface area contributed by atoms with Crippen molar-refractivity contribution in [3.8, 4) is 11.1 Å². The first kappa shape index (κ1) is 11.8. The van der Waals surface area contributed by atoms with Crippen LogP contribution >= 0.6 is 0 Å². The zero-order valence-corrected chi connectivity index (χ0v) is 10.3. The molecule has 0 bridgehead atoms. The topological polar surface area (TPSA) is 12.5 Å². The number of benzene rings is 2. The fourth-order valence-electron chi connectivity index (χ4n) is 1.86. The lowest BCUT2D eigenvalue weighted by Crippen LogP contribution is -2.16. The predicted molar refractivity (Wildman–Crippen MR) is 70.4 cm³/mol. The first-order chi connectivity index (χ1) is 8.31. The molecule has 2 nitrogen and oxygen atoms in total. The summed E-state index contributed by atoms with van der Waals surface area (Å²) < 4.78 is 0. The minimum absolute atomic E-state index is 0.779. The van der Waals surface area contributed by atoms with E-state index in [9.17, 15) is 0 Å². The van der Waals surface area contributed by atoms with Crippen LogP contribution in [0.25, 0.3) is 11.1 Å². The third-order valence-electron chi connectivity index (χ3n) is 2.81. The summed E-state index contributed by atoms with van der Waals surface area (Å²) in [6.07, 6.45) is 0. The molecule has 0 unspecified atom stereocenters. The number of hydrogen-bond donors (Lipinski definition) is 0. The smallest absolute Gasteiger partial charge is 0.0575 e. The summed E-state index contributed by atoms with van der Waals surface area (Å²) >= 11 is 0. The number of rotatable bonds is 4. The fourth-order valence-corrected chi connectivity index (χ4v) is 1.86. The van der Waals surface area contributed by atoms with Gasteiger partial charge >= 0.3 is 0 Å². The van der Waals surface area contributed by atoms with E-state index in [1.807, 2.05) is 18.2 Å². The van der Waals surface area contributed by atoms with E-state index in [1.54, 1.807) is 7.11 Å². The average Bonchev–Trinajstić information content (AvgIpc) is 2.40. The molecule has 2 rings (SSSR count). The van der Waals surface area contributed by atoms with Gasteiger partial charge in [-0.05, 0) is 16.7 Å². The first-order valence-electron chi connectivity index (χ1n) is 5.70. The molecule has 0 atom stereocenters. The fraction of sp³-hybridized carbons (Fsp3) is 0.200. The molecule has 2 aromatic rings. The molecule has 0 aliphatic carbocycles. The molecular weight excluding hydrogens is 210 g/mol. The molecule has 88 valence electrons. The van der Waals surface area contributed by atoms with Crippen molar-refractivity contribution >= 4 is 0 Å². The summed E-state index contributed by atoms with van der Waals surface area (Å²) in [5.41, 5.74) is 3.77. The van der Waals surface area contributed by atoms with E-state index >= 15 is 0 Å². The highest BCUT2D eigenvalue weighted by Crippen LogP contribution is 2.24. The lowest BCUT2D eigenvalue weighted by molar-refractivity contribution is -0.116. The van der Waals surface area contributed by atoms with E-state index < -0.39 is 0 Å². The van der Waals surface area contributed by atoms with Crippen LogP contribution in [0, 0.1) is 0 Å². The number of hydrogen-bond acceptors (Lipinski definition) is 2. The maximum Gasteiger partial charge on any atom is 0.0575 e. The monoisotopic (exact) mass is 227 g/mol. The molecule has 0 amide bonds. The van der Waals surface area contributed by atoms with Crippen LogP contribution in [-0.4, -0.2) is 19.2 Å². The average molecular weight is 227 g/mol. The Kier molecular flexibility index (Phi) is 3.91. The van der Waals surface area contributed by atoms with Gasteiger partial charge in [0.1, 0.15) is 0 Å². The highest BCUT2D eigenvalue weighted by Gasteiger charge is 2.06. The molecule has 0 heterocycles. The molecule has 0 spiro atoms. The van der Waals surface area contributed by atoms with Gasteiger partial charge in [0.2, 0.25) is 0 Å². The molecule has 0 saturated heterocycles. The maximum absolute atomic E-state index is 5.18. The Morgan fingerprint density at radius 2 is 1.59 bits per heavy atom. The van der Waals surface area contributed by atoms with Crippen LogP contribution < -0.4 is 0 Å². The van der Waals surface area contributed by atoms with Crippen molar-refractivity contribution in [2.75, 3.05) is 14.2 Å². The summed E-state index contributed by atoms with van der Waals surface area (Å²) in [7, 11) is 3.62. The highest BCUT2D eigenvalue weighted by molar-refractivity contribution is 5.67. The van der Waals surface area contributed by atoms with Crippen LogP contribution in [0.15, 0.2) is 54.6 Å². The van der Waals surface area contributed by atoms with Crippen molar-refractivity contribution in [2.24, 2.45) is 0 Å². The Bertz CT molecular complexity index is 467. The van der Waals surface area contributed by atoms with Crippen molar-refractivity contribution in [1.29, 1.82) is 0 Å². The van der Waals surface area contributed by atoms with Crippen LogP contribution in [0.3, 0.4) is 0 Å². The molecule has 0 fully saturated rings. The standard InChI is InChI=1S/C15H17NO/c1-16(17-2)12-14-10-6-7-11-15(14)13-8-4-3-5-9-13/h3-11H,12H2,1-2H3. The largest absolute Gasteiger partial charge is 0.302 e. The number of nitrogens with zero attached hydrogens (tertiary/aromatic N) is 1. The van der Waals surface area contributed by atoms with E-state index in [1.165, 1.54) is 16.7 Å². The lowest BCUT2D eigenvalue weighted by Gasteiger charge is -2.16. The van der Waals surface area contributed by atoms with Gasteiger partial charge in [0.25, 0.3) is 0 Å². The van der Waals surface area contributed by atoms with Crippen molar-refractivity contribution in [1.82, 2.24) is 5.06 Å². The third kappa shape index (κ3) is 2.93. The van der Waals surface area contributed by atoms with Gasteiger partial charge in [-0.15, -0.1) is 0 Å². The van der Waals surface area contributed by atoms with Crippen LogP contribution in [0.2, 0.25) is 0 Å². The molecule has 0 radical (unpaired) electrons. The van der Waals surface area contributed by atoms with Gasteiger partial charge in [-0.2, -0.15) is 5.06 Å². The molecule has 2 aromatic carbocycles. The summed E-state index contributed by atoms with van der Waals surface area (Å²) in [5, 5.41) is 1.82.